The van der Waals surface area contributed by atoms with Gasteiger partial charge in [-0.25, -0.2) is 0 Å². The van der Waals surface area contributed by atoms with Gasteiger partial charge in [0.25, 0.3) is 5.69 Å². The minimum absolute atomic E-state index is 0.178. The molecule has 17 heavy (non-hydrogen) atoms. The van der Waals surface area contributed by atoms with E-state index in [4.69, 9.17) is 0 Å². The third-order valence-electron chi connectivity index (χ3n) is 3.22. The second kappa shape index (κ2) is 7.05. The van der Waals surface area contributed by atoms with E-state index in [0.29, 0.717) is 5.92 Å². The van der Waals surface area contributed by atoms with E-state index in [1.54, 1.807) is 12.1 Å². The standard InChI is InChI=1S/C14H21NO2/c1-3-5-6-7-12(4-2)13-8-10-14(11-9-13)15(16)17/h8-12H,3-7H2,1-2H3. The number of benzene rings is 1. The molecule has 0 aromatic heterocycles. The maximum atomic E-state index is 10.6. The van der Waals surface area contributed by atoms with Gasteiger partial charge in [-0.2, -0.15) is 0 Å². The quantitative estimate of drug-likeness (QED) is 0.391. The smallest absolute Gasteiger partial charge is 0.258 e. The van der Waals surface area contributed by atoms with Gasteiger partial charge in [-0.3, -0.25) is 10.1 Å². The first kappa shape index (κ1) is 13.7. The van der Waals surface area contributed by atoms with E-state index < -0.39 is 0 Å². The summed E-state index contributed by atoms with van der Waals surface area (Å²) in [7, 11) is 0. The van der Waals surface area contributed by atoms with Crippen LogP contribution in [0.25, 0.3) is 0 Å². The summed E-state index contributed by atoms with van der Waals surface area (Å²) in [6.45, 7) is 4.38. The Morgan fingerprint density at radius 2 is 1.82 bits per heavy atom. The van der Waals surface area contributed by atoms with E-state index in [1.165, 1.54) is 31.2 Å². The first-order valence-electron chi connectivity index (χ1n) is 6.43. The molecule has 0 radical (unpaired) electrons. The minimum atomic E-state index is -0.345. The Balaban J connectivity index is 2.65. The van der Waals surface area contributed by atoms with Gasteiger partial charge in [-0.1, -0.05) is 45.2 Å². The van der Waals surface area contributed by atoms with Crippen LogP contribution in [0.2, 0.25) is 0 Å². The lowest BCUT2D eigenvalue weighted by Gasteiger charge is -2.14. The van der Waals surface area contributed by atoms with Crippen molar-refractivity contribution in [3.8, 4) is 0 Å². The highest BCUT2D eigenvalue weighted by Gasteiger charge is 2.11. The van der Waals surface area contributed by atoms with E-state index in [2.05, 4.69) is 13.8 Å². The Labute approximate surface area is 103 Å². The average molecular weight is 235 g/mol. The Morgan fingerprint density at radius 1 is 1.18 bits per heavy atom. The minimum Gasteiger partial charge on any atom is -0.258 e. The number of non-ortho nitro benzene ring substituents is 1. The molecule has 0 spiro atoms. The molecule has 0 bridgehead atoms. The van der Waals surface area contributed by atoms with E-state index in [0.717, 1.165) is 6.42 Å². The van der Waals surface area contributed by atoms with Crippen LogP contribution in [0, 0.1) is 10.1 Å². The number of nitro groups is 1. The van der Waals surface area contributed by atoms with Gasteiger partial charge in [0, 0.05) is 12.1 Å². The molecule has 0 saturated carbocycles. The van der Waals surface area contributed by atoms with Crippen LogP contribution >= 0.6 is 0 Å². The van der Waals surface area contributed by atoms with Crippen molar-refractivity contribution in [2.45, 2.75) is 51.9 Å². The number of hydrogen-bond donors (Lipinski definition) is 0. The molecule has 94 valence electrons. The number of nitrogens with zero attached hydrogens (tertiary/aromatic N) is 1. The lowest BCUT2D eigenvalue weighted by atomic mass is 9.91. The fourth-order valence-corrected chi connectivity index (χ4v) is 2.12. The Kier molecular flexibility index (Phi) is 5.67. The molecule has 0 aliphatic rings. The zero-order valence-electron chi connectivity index (χ0n) is 10.7. The van der Waals surface area contributed by atoms with Crippen molar-refractivity contribution in [1.29, 1.82) is 0 Å². The summed E-state index contributed by atoms with van der Waals surface area (Å²) >= 11 is 0. The molecule has 0 aliphatic heterocycles. The number of rotatable bonds is 7. The van der Waals surface area contributed by atoms with Crippen molar-refractivity contribution < 1.29 is 4.92 Å². The van der Waals surface area contributed by atoms with Crippen molar-refractivity contribution in [1.82, 2.24) is 0 Å². The second-order valence-electron chi connectivity index (χ2n) is 4.45. The van der Waals surface area contributed by atoms with Crippen LogP contribution in [-0.2, 0) is 0 Å². The lowest BCUT2D eigenvalue weighted by Crippen LogP contribution is -1.98. The van der Waals surface area contributed by atoms with Gasteiger partial charge in [0.2, 0.25) is 0 Å². The molecule has 1 rings (SSSR count). The lowest BCUT2D eigenvalue weighted by molar-refractivity contribution is -0.384. The topological polar surface area (TPSA) is 43.1 Å². The van der Waals surface area contributed by atoms with E-state index >= 15 is 0 Å². The average Bonchev–Trinajstić information content (AvgIpc) is 2.35. The molecule has 1 unspecified atom stereocenters. The van der Waals surface area contributed by atoms with Crippen LogP contribution in [-0.4, -0.2) is 4.92 Å². The summed E-state index contributed by atoms with van der Waals surface area (Å²) in [5, 5.41) is 10.6. The largest absolute Gasteiger partial charge is 0.269 e. The summed E-state index contributed by atoms with van der Waals surface area (Å²) in [5.41, 5.74) is 1.41. The first-order valence-corrected chi connectivity index (χ1v) is 6.43. The van der Waals surface area contributed by atoms with E-state index in [1.807, 2.05) is 12.1 Å². The molecular formula is C14H21NO2. The highest BCUT2D eigenvalue weighted by atomic mass is 16.6. The second-order valence-corrected chi connectivity index (χ2v) is 4.45. The SMILES string of the molecule is CCCCCC(CC)c1ccc([N+](=O)[O-])cc1. The monoisotopic (exact) mass is 235 g/mol. The molecule has 0 heterocycles. The predicted molar refractivity (Wildman–Crippen MR) is 70.3 cm³/mol. The normalized spacial score (nSPS) is 12.4. The molecule has 3 nitrogen and oxygen atoms in total. The van der Waals surface area contributed by atoms with Gasteiger partial charge in [0.1, 0.15) is 0 Å². The van der Waals surface area contributed by atoms with Crippen molar-refractivity contribution in [2.75, 3.05) is 0 Å². The van der Waals surface area contributed by atoms with Crippen molar-refractivity contribution in [3.05, 3.63) is 39.9 Å². The van der Waals surface area contributed by atoms with Gasteiger partial charge in [0.05, 0.1) is 4.92 Å². The van der Waals surface area contributed by atoms with Crippen LogP contribution in [0.1, 0.15) is 57.4 Å². The van der Waals surface area contributed by atoms with Crippen LogP contribution in [0.5, 0.6) is 0 Å². The fraction of sp³-hybridized carbons (Fsp3) is 0.571. The zero-order valence-corrected chi connectivity index (χ0v) is 10.7. The summed E-state index contributed by atoms with van der Waals surface area (Å²) in [5.74, 6) is 0.544. The van der Waals surface area contributed by atoms with Crippen LogP contribution in [0.15, 0.2) is 24.3 Å². The van der Waals surface area contributed by atoms with Crippen LogP contribution in [0.4, 0.5) is 5.69 Å². The van der Waals surface area contributed by atoms with Gasteiger partial charge < -0.3 is 0 Å². The molecule has 1 aromatic rings. The molecule has 1 aromatic carbocycles. The van der Waals surface area contributed by atoms with Gasteiger partial charge in [-0.05, 0) is 24.3 Å². The molecule has 1 atom stereocenters. The summed E-state index contributed by atoms with van der Waals surface area (Å²) < 4.78 is 0. The maximum Gasteiger partial charge on any atom is 0.269 e. The van der Waals surface area contributed by atoms with Crippen molar-refractivity contribution in [3.63, 3.8) is 0 Å². The van der Waals surface area contributed by atoms with E-state index in [-0.39, 0.29) is 10.6 Å². The maximum absolute atomic E-state index is 10.6. The number of unbranched alkanes of at least 4 members (excludes halogenated alkanes) is 2. The van der Waals surface area contributed by atoms with Gasteiger partial charge >= 0.3 is 0 Å². The summed E-state index contributed by atoms with van der Waals surface area (Å²) in [4.78, 5) is 10.2. The number of hydrogen-bond acceptors (Lipinski definition) is 2. The molecule has 0 saturated heterocycles. The molecule has 0 N–H and O–H groups in total. The molecule has 0 aliphatic carbocycles. The predicted octanol–water partition coefficient (Wildman–Crippen LogP) is 4.67. The first-order chi connectivity index (χ1) is 8.19. The van der Waals surface area contributed by atoms with Crippen molar-refractivity contribution >= 4 is 5.69 Å². The van der Waals surface area contributed by atoms with Crippen molar-refractivity contribution in [2.24, 2.45) is 0 Å². The Morgan fingerprint density at radius 3 is 2.29 bits per heavy atom. The van der Waals surface area contributed by atoms with E-state index in [9.17, 15) is 10.1 Å². The zero-order chi connectivity index (χ0) is 12.7. The Bertz CT molecular complexity index is 346. The summed E-state index contributed by atoms with van der Waals surface area (Å²) in [6, 6.07) is 7.02. The molecule has 0 amide bonds. The molecule has 3 heteroatoms. The third-order valence-corrected chi connectivity index (χ3v) is 3.22. The number of nitro benzene ring substituents is 1. The highest BCUT2D eigenvalue weighted by Crippen LogP contribution is 2.27. The van der Waals surface area contributed by atoms with Crippen LogP contribution < -0.4 is 0 Å². The summed E-state index contributed by atoms with van der Waals surface area (Å²) in [6.07, 6.45) is 6.02. The Hall–Kier alpha value is -1.38. The molecule has 0 fully saturated rings. The van der Waals surface area contributed by atoms with Gasteiger partial charge in [-0.15, -0.1) is 0 Å². The fourth-order valence-electron chi connectivity index (χ4n) is 2.12. The third kappa shape index (κ3) is 4.17. The molecular weight excluding hydrogens is 214 g/mol. The highest BCUT2D eigenvalue weighted by molar-refractivity contribution is 5.34. The van der Waals surface area contributed by atoms with Gasteiger partial charge in [0.15, 0.2) is 0 Å². The van der Waals surface area contributed by atoms with Crippen LogP contribution in [0.3, 0.4) is 0 Å².